The van der Waals surface area contributed by atoms with Crippen LogP contribution in [-0.4, -0.2) is 102 Å². The van der Waals surface area contributed by atoms with Crippen LogP contribution in [0.25, 0.3) is 22.5 Å². The van der Waals surface area contributed by atoms with Crippen molar-refractivity contribution in [3.05, 3.63) is 46.9 Å². The summed E-state index contributed by atoms with van der Waals surface area (Å²) < 4.78 is 43.7. The lowest BCUT2D eigenvalue weighted by Gasteiger charge is -2.49. The molecule has 4 fully saturated rings. The van der Waals surface area contributed by atoms with Gasteiger partial charge in [-0.2, -0.15) is 14.3 Å². The van der Waals surface area contributed by atoms with Gasteiger partial charge in [-0.3, -0.25) is 0 Å². The molecule has 3 aromatic rings. The third-order valence-electron chi connectivity index (χ3n) is 10.4. The number of ether oxygens (including phenoxy) is 2. The zero-order valence-corrected chi connectivity index (χ0v) is 27.5. The van der Waals surface area contributed by atoms with Gasteiger partial charge >= 0.3 is 6.01 Å². The van der Waals surface area contributed by atoms with Crippen LogP contribution in [0.3, 0.4) is 0 Å². The minimum Gasteiger partial charge on any atom is -0.588 e. The van der Waals surface area contributed by atoms with Crippen molar-refractivity contribution in [2.75, 3.05) is 71.5 Å². The van der Waals surface area contributed by atoms with E-state index in [2.05, 4.69) is 35.1 Å². The van der Waals surface area contributed by atoms with Crippen LogP contribution in [-0.2, 0) is 16.1 Å². The highest BCUT2D eigenvalue weighted by molar-refractivity contribution is 7.89. The Kier molecular flexibility index (Phi) is 7.53. The van der Waals surface area contributed by atoms with Crippen LogP contribution in [0.2, 0.25) is 0 Å². The Labute approximate surface area is 277 Å². The fourth-order valence-corrected chi connectivity index (χ4v) is 8.99. The number of fused-ring (bicyclic) bond motifs is 2. The number of rotatable bonds is 8. The zero-order valence-electron chi connectivity index (χ0n) is 26.7. The molecule has 2 N–H and O–H groups in total. The molecular formula is C35H39FN6O4S. The number of hydrogen-bond acceptors (Lipinski definition) is 10. The van der Waals surface area contributed by atoms with Crippen LogP contribution < -0.4 is 15.0 Å². The van der Waals surface area contributed by atoms with Crippen LogP contribution >= 0.6 is 0 Å². The number of halogens is 1. The second-order valence-corrected chi connectivity index (χ2v) is 15.4. The Morgan fingerprint density at radius 3 is 2.57 bits per heavy atom. The Bertz CT molecular complexity index is 1810. The van der Waals surface area contributed by atoms with Gasteiger partial charge in [-0.1, -0.05) is 12.0 Å². The summed E-state index contributed by atoms with van der Waals surface area (Å²) in [6, 6.07) is 6.03. The number of nitrogens with one attached hydrogen (secondary N) is 1. The predicted molar refractivity (Wildman–Crippen MR) is 179 cm³/mol. The summed E-state index contributed by atoms with van der Waals surface area (Å²) in [5, 5.41) is 15.3. The van der Waals surface area contributed by atoms with Gasteiger partial charge in [0.2, 0.25) is 4.90 Å². The van der Waals surface area contributed by atoms with E-state index in [0.29, 0.717) is 63.7 Å². The van der Waals surface area contributed by atoms with Gasteiger partial charge in [-0.15, -0.1) is 6.42 Å². The maximum absolute atomic E-state index is 15.1. The minimum absolute atomic E-state index is 0.0138. The molecule has 1 unspecified atom stereocenters. The van der Waals surface area contributed by atoms with Crippen LogP contribution in [0.5, 0.6) is 11.8 Å². The van der Waals surface area contributed by atoms with Gasteiger partial charge in [0, 0.05) is 49.1 Å². The Balaban J connectivity index is 1.28. The number of nitrogens with zero attached hydrogens (tertiary/aromatic N) is 5. The molecule has 0 bridgehead atoms. The van der Waals surface area contributed by atoms with Crippen molar-refractivity contribution in [3.63, 3.8) is 0 Å². The van der Waals surface area contributed by atoms with Crippen molar-refractivity contribution in [2.45, 2.75) is 36.6 Å². The standard InChI is InChI=1S/C35H39FN6O4S/c1-4-25-27(36)6-5-22-13-24(43)14-26(30(22)25)29-15-28-31(47(44)42(29)23-16-45-17-23)32(41-11-9-34(10-12-41)18-37-19-34)39-33(38-28)46-21-35(7-8-35)20-40(2)3/h1,5-6,13-15,23,37,43H,7-12,16-21H2,2-3H3. The summed E-state index contributed by atoms with van der Waals surface area (Å²) in [6.45, 7) is 5.78. The third-order valence-corrected chi connectivity index (χ3v) is 12.0. The van der Waals surface area contributed by atoms with Gasteiger partial charge in [-0.05, 0) is 74.9 Å². The molecule has 3 saturated heterocycles. The molecule has 0 radical (unpaired) electrons. The molecule has 246 valence electrons. The molecule has 1 aromatic heterocycles. The van der Waals surface area contributed by atoms with E-state index >= 15 is 4.39 Å². The van der Waals surface area contributed by atoms with Crippen LogP contribution in [0.4, 0.5) is 10.2 Å². The first-order chi connectivity index (χ1) is 22.7. The van der Waals surface area contributed by atoms with Gasteiger partial charge in [0.05, 0.1) is 31.1 Å². The lowest BCUT2D eigenvalue weighted by molar-refractivity contribution is -0.0230. The lowest BCUT2D eigenvalue weighted by Crippen LogP contribution is -2.58. The van der Waals surface area contributed by atoms with Crippen molar-refractivity contribution < 1.29 is 23.5 Å². The normalized spacial score (nSPS) is 22.8. The molecular weight excluding hydrogens is 619 g/mol. The quantitative estimate of drug-likeness (QED) is 0.275. The number of piperidine rings is 1. The molecule has 1 aliphatic carbocycles. The summed E-state index contributed by atoms with van der Waals surface area (Å²) in [6.07, 6.45) is 11.9. The summed E-state index contributed by atoms with van der Waals surface area (Å²) in [5.74, 6) is 2.57. The summed E-state index contributed by atoms with van der Waals surface area (Å²) in [7, 11) is 4.13. The Morgan fingerprint density at radius 2 is 1.96 bits per heavy atom. The van der Waals surface area contributed by atoms with Crippen molar-refractivity contribution >= 4 is 39.7 Å². The van der Waals surface area contributed by atoms with E-state index in [-0.39, 0.29) is 28.8 Å². The third kappa shape index (κ3) is 5.38. The summed E-state index contributed by atoms with van der Waals surface area (Å²) in [5.41, 5.74) is 1.94. The fourth-order valence-electron chi connectivity index (χ4n) is 7.45. The first-order valence-electron chi connectivity index (χ1n) is 16.3. The first-order valence-corrected chi connectivity index (χ1v) is 17.4. The second-order valence-electron chi connectivity index (χ2n) is 14.1. The topological polar surface area (TPSA) is 109 Å². The van der Waals surface area contributed by atoms with Crippen LogP contribution in [0, 0.1) is 29.0 Å². The lowest BCUT2D eigenvalue weighted by atomic mass is 9.73. The zero-order chi connectivity index (χ0) is 32.5. The van der Waals surface area contributed by atoms with Crippen molar-refractivity contribution in [3.8, 4) is 24.1 Å². The number of aromatic hydroxyl groups is 1. The van der Waals surface area contributed by atoms with Crippen LogP contribution in [0.1, 0.15) is 42.5 Å². The van der Waals surface area contributed by atoms with E-state index in [1.165, 1.54) is 6.07 Å². The first kappa shape index (κ1) is 30.7. The average molecular weight is 659 g/mol. The molecule has 12 heteroatoms. The van der Waals surface area contributed by atoms with Gasteiger partial charge in [0.25, 0.3) is 0 Å². The fraction of sp³-hybridized carbons (Fsp3) is 0.486. The number of terminal acetylenes is 1. The number of hydrogen-bond donors (Lipinski definition) is 2. The molecule has 2 aromatic carbocycles. The molecule has 10 nitrogen and oxygen atoms in total. The summed E-state index contributed by atoms with van der Waals surface area (Å²) >= 11 is -1.75. The number of phenolic OH excluding ortho intramolecular Hbond substituents is 1. The maximum atomic E-state index is 15.1. The predicted octanol–water partition coefficient (Wildman–Crippen LogP) is 3.60. The van der Waals surface area contributed by atoms with Crippen LogP contribution in [0.15, 0.2) is 29.2 Å². The highest BCUT2D eigenvalue weighted by atomic mass is 32.2. The molecule has 8 rings (SSSR count). The molecule has 0 amide bonds. The second kappa shape index (κ2) is 11.5. The molecule has 47 heavy (non-hydrogen) atoms. The number of benzene rings is 2. The van der Waals surface area contributed by atoms with E-state index < -0.39 is 17.2 Å². The minimum atomic E-state index is -1.75. The SMILES string of the molecule is C#Cc1c(F)ccc2cc(O)cc(C3=Cc4nc(OCC5(CN(C)C)CC5)nc(N5CCC6(CC5)CNC6)c4[S+]([O-])N3C3COC3)c12. The van der Waals surface area contributed by atoms with E-state index in [1.807, 2.05) is 6.08 Å². The molecule has 1 atom stereocenters. The van der Waals surface area contributed by atoms with Gasteiger partial charge in [0.1, 0.15) is 34.7 Å². The van der Waals surface area contributed by atoms with Crippen molar-refractivity contribution in [2.24, 2.45) is 10.8 Å². The van der Waals surface area contributed by atoms with E-state index in [1.54, 1.807) is 22.5 Å². The maximum Gasteiger partial charge on any atom is 0.319 e. The highest BCUT2D eigenvalue weighted by Crippen LogP contribution is 2.48. The number of anilines is 1. The van der Waals surface area contributed by atoms with E-state index in [0.717, 1.165) is 58.4 Å². The number of aromatic nitrogens is 2. The Morgan fingerprint density at radius 1 is 1.19 bits per heavy atom. The molecule has 5 aliphatic rings. The van der Waals surface area contributed by atoms with Crippen molar-refractivity contribution in [1.82, 2.24) is 24.5 Å². The molecule has 4 aliphatic heterocycles. The molecule has 1 spiro atoms. The highest BCUT2D eigenvalue weighted by Gasteiger charge is 2.48. The summed E-state index contributed by atoms with van der Waals surface area (Å²) in [4.78, 5) is 14.8. The average Bonchev–Trinajstić information content (AvgIpc) is 3.77. The van der Waals surface area contributed by atoms with E-state index in [4.69, 9.17) is 25.9 Å². The van der Waals surface area contributed by atoms with Gasteiger partial charge < -0.3 is 34.2 Å². The van der Waals surface area contributed by atoms with Gasteiger partial charge in [0.15, 0.2) is 5.82 Å². The van der Waals surface area contributed by atoms with E-state index in [9.17, 15) is 9.66 Å². The monoisotopic (exact) mass is 658 g/mol. The Hall–Kier alpha value is -3.60. The smallest absolute Gasteiger partial charge is 0.319 e. The molecule has 5 heterocycles. The molecule has 1 saturated carbocycles. The largest absolute Gasteiger partial charge is 0.588 e. The van der Waals surface area contributed by atoms with Gasteiger partial charge in [-0.25, -0.2) is 4.39 Å². The van der Waals surface area contributed by atoms with Crippen molar-refractivity contribution in [1.29, 1.82) is 0 Å². The number of phenols is 1.